The van der Waals surface area contributed by atoms with Crippen LogP contribution < -0.4 is 21.9 Å². The summed E-state index contributed by atoms with van der Waals surface area (Å²) in [5.41, 5.74) is 1.16. The van der Waals surface area contributed by atoms with Crippen molar-refractivity contribution < 1.29 is 30.3 Å². The number of sulfonamides is 1. The zero-order valence-corrected chi connectivity index (χ0v) is 18.1. The molecule has 1 saturated heterocycles. The van der Waals surface area contributed by atoms with Gasteiger partial charge in [0.2, 0.25) is 10.0 Å². The smallest absolute Gasteiger partial charge is 0.246 e. The van der Waals surface area contributed by atoms with Crippen LogP contribution in [0.5, 0.6) is 11.5 Å². The first kappa shape index (κ1) is 22.8. The summed E-state index contributed by atoms with van der Waals surface area (Å²) >= 11 is 5.92. The van der Waals surface area contributed by atoms with Crippen molar-refractivity contribution in [3.8, 4) is 11.5 Å². The normalized spacial score (nSPS) is 15.7. The second kappa shape index (κ2) is 9.80. The first-order valence-corrected chi connectivity index (χ1v) is 10.4. The van der Waals surface area contributed by atoms with E-state index in [-0.39, 0.29) is 17.3 Å². The van der Waals surface area contributed by atoms with E-state index < -0.39 is 10.0 Å². The molecule has 0 aromatic heterocycles. The van der Waals surface area contributed by atoms with Crippen LogP contribution in [0.3, 0.4) is 0 Å². The molecule has 3 rings (SSSR count). The number of benzene rings is 2. The summed E-state index contributed by atoms with van der Waals surface area (Å²) in [7, 11) is -0.684. The van der Waals surface area contributed by atoms with Gasteiger partial charge in [-0.3, -0.25) is 4.90 Å². The van der Waals surface area contributed by atoms with Crippen molar-refractivity contribution in [3.63, 3.8) is 0 Å². The molecule has 0 N–H and O–H groups in total. The molecule has 6 nitrogen and oxygen atoms in total. The molecule has 0 saturated carbocycles. The molecule has 2 aromatic rings. The Labute approximate surface area is 177 Å². The lowest BCUT2D eigenvalue weighted by atomic mass is 10.2. The number of nitrogens with zero attached hydrogens (tertiary/aromatic N) is 2. The third kappa shape index (κ3) is 5.10. The molecule has 9 heteroatoms. The van der Waals surface area contributed by atoms with E-state index in [2.05, 4.69) is 4.90 Å². The van der Waals surface area contributed by atoms with Gasteiger partial charge in [-0.05, 0) is 29.8 Å². The minimum atomic E-state index is -3.66. The number of hydrogen-bond acceptors (Lipinski definition) is 5. The van der Waals surface area contributed by atoms with Crippen molar-refractivity contribution in [3.05, 3.63) is 53.1 Å². The van der Waals surface area contributed by atoms with Gasteiger partial charge in [0.1, 0.15) is 16.4 Å². The second-order valence-electron chi connectivity index (χ2n) is 6.32. The van der Waals surface area contributed by atoms with E-state index in [1.54, 1.807) is 12.1 Å². The molecule has 0 spiro atoms. The molecule has 1 fully saturated rings. The summed E-state index contributed by atoms with van der Waals surface area (Å²) in [5.74, 6) is 0.801. The van der Waals surface area contributed by atoms with Gasteiger partial charge in [-0.15, -0.1) is 0 Å². The molecule has 1 aliphatic heterocycles. The van der Waals surface area contributed by atoms with Gasteiger partial charge >= 0.3 is 0 Å². The van der Waals surface area contributed by atoms with Gasteiger partial charge in [-0.1, -0.05) is 23.7 Å². The SMILES string of the molecule is COc1ccc(OC)c(S(=O)(=O)N2CCN(Cc3ccc(Cl)cc3)CC2)c1.[Cl-]. The Balaban J connectivity index is 0.00000280. The average molecular weight is 446 g/mol. The van der Waals surface area contributed by atoms with Crippen molar-refractivity contribution >= 4 is 21.6 Å². The summed E-state index contributed by atoms with van der Waals surface area (Å²) in [4.78, 5) is 2.37. The first-order valence-electron chi connectivity index (χ1n) is 8.63. The molecule has 1 aliphatic rings. The summed E-state index contributed by atoms with van der Waals surface area (Å²) < 4.78 is 38.1. The van der Waals surface area contributed by atoms with Crippen molar-refractivity contribution in [2.24, 2.45) is 0 Å². The van der Waals surface area contributed by atoms with Crippen molar-refractivity contribution in [2.45, 2.75) is 11.4 Å². The van der Waals surface area contributed by atoms with Crippen molar-refractivity contribution in [2.75, 3.05) is 40.4 Å². The van der Waals surface area contributed by atoms with Gasteiger partial charge < -0.3 is 21.9 Å². The second-order valence-corrected chi connectivity index (χ2v) is 8.67. The monoisotopic (exact) mass is 445 g/mol. The van der Waals surface area contributed by atoms with Crippen LogP contribution in [0, 0.1) is 0 Å². The third-order valence-corrected chi connectivity index (χ3v) is 6.81. The van der Waals surface area contributed by atoms with E-state index in [9.17, 15) is 8.42 Å². The molecule has 28 heavy (non-hydrogen) atoms. The topological polar surface area (TPSA) is 59.1 Å². The molecule has 0 aliphatic carbocycles. The van der Waals surface area contributed by atoms with E-state index >= 15 is 0 Å². The molecular formula is C19H23Cl2N2O4S-. The minimum absolute atomic E-state index is 0. The maximum atomic E-state index is 13.1. The predicted molar refractivity (Wildman–Crippen MR) is 105 cm³/mol. The van der Waals surface area contributed by atoms with Crippen LogP contribution in [0.4, 0.5) is 0 Å². The fourth-order valence-corrected chi connectivity index (χ4v) is 4.82. The Morgan fingerprint density at radius 3 is 2.18 bits per heavy atom. The summed E-state index contributed by atoms with van der Waals surface area (Å²) in [6, 6.07) is 12.5. The van der Waals surface area contributed by atoms with Gasteiger partial charge in [-0.25, -0.2) is 8.42 Å². The van der Waals surface area contributed by atoms with E-state index in [0.29, 0.717) is 42.7 Å². The minimum Gasteiger partial charge on any atom is -1.00 e. The highest BCUT2D eigenvalue weighted by molar-refractivity contribution is 7.89. The van der Waals surface area contributed by atoms with Crippen molar-refractivity contribution in [1.82, 2.24) is 9.21 Å². The summed E-state index contributed by atoms with van der Waals surface area (Å²) in [5, 5.41) is 0.710. The van der Waals surface area contributed by atoms with E-state index in [4.69, 9.17) is 21.1 Å². The van der Waals surface area contributed by atoms with Crippen LogP contribution in [0.15, 0.2) is 47.4 Å². The maximum Gasteiger partial charge on any atom is 0.246 e. The molecule has 0 radical (unpaired) electrons. The molecular weight excluding hydrogens is 423 g/mol. The van der Waals surface area contributed by atoms with Crippen LogP contribution in [0.2, 0.25) is 5.02 Å². The lowest BCUT2D eigenvalue weighted by molar-refractivity contribution is -0.00000878. The molecule has 0 atom stereocenters. The largest absolute Gasteiger partial charge is 1.00 e. The van der Waals surface area contributed by atoms with Gasteiger partial charge in [0.05, 0.1) is 14.2 Å². The highest BCUT2D eigenvalue weighted by Gasteiger charge is 2.31. The number of hydrogen-bond donors (Lipinski definition) is 0. The number of piperazine rings is 1. The van der Waals surface area contributed by atoms with E-state index in [0.717, 1.165) is 12.1 Å². The zero-order chi connectivity index (χ0) is 19.4. The van der Waals surface area contributed by atoms with Gasteiger partial charge in [0.25, 0.3) is 0 Å². The van der Waals surface area contributed by atoms with Crippen LogP contribution in [0.1, 0.15) is 5.56 Å². The van der Waals surface area contributed by atoms with E-state index in [1.807, 2.05) is 24.3 Å². The summed E-state index contributed by atoms with van der Waals surface area (Å²) in [6.07, 6.45) is 0. The number of rotatable bonds is 6. The quantitative estimate of drug-likeness (QED) is 0.619. The molecule has 1 heterocycles. The van der Waals surface area contributed by atoms with E-state index in [1.165, 1.54) is 24.6 Å². The highest BCUT2D eigenvalue weighted by Crippen LogP contribution is 2.31. The van der Waals surface area contributed by atoms with Gasteiger partial charge in [-0.2, -0.15) is 4.31 Å². The van der Waals surface area contributed by atoms with Crippen LogP contribution in [0.25, 0.3) is 0 Å². The fraction of sp³-hybridized carbons (Fsp3) is 0.368. The van der Waals surface area contributed by atoms with Crippen LogP contribution in [-0.4, -0.2) is 58.0 Å². The van der Waals surface area contributed by atoms with Crippen LogP contribution in [-0.2, 0) is 16.6 Å². The van der Waals surface area contributed by atoms with Crippen LogP contribution >= 0.6 is 11.6 Å². The number of ether oxygens (including phenoxy) is 2. The van der Waals surface area contributed by atoms with Gasteiger partial charge in [0, 0.05) is 43.8 Å². The lowest BCUT2D eigenvalue weighted by Crippen LogP contribution is -3.00. The Morgan fingerprint density at radius 2 is 1.61 bits per heavy atom. The molecule has 2 aromatic carbocycles. The first-order chi connectivity index (χ1) is 12.9. The zero-order valence-electron chi connectivity index (χ0n) is 15.8. The molecule has 154 valence electrons. The predicted octanol–water partition coefficient (Wildman–Crippen LogP) is -0.132. The maximum absolute atomic E-state index is 13.1. The Kier molecular flexibility index (Phi) is 7.97. The van der Waals surface area contributed by atoms with Crippen molar-refractivity contribution in [1.29, 1.82) is 0 Å². The lowest BCUT2D eigenvalue weighted by Gasteiger charge is -2.34. The molecule has 0 amide bonds. The highest BCUT2D eigenvalue weighted by atomic mass is 35.5. The van der Waals surface area contributed by atoms with Gasteiger partial charge in [0.15, 0.2) is 0 Å². The Bertz CT molecular complexity index is 883. The number of halogens is 2. The summed E-state index contributed by atoms with van der Waals surface area (Å²) in [6.45, 7) is 2.95. The standard InChI is InChI=1S/C19H23ClN2O4S.ClH/c1-25-17-7-8-18(26-2)19(13-17)27(23,24)22-11-9-21(10-12-22)14-15-3-5-16(20)6-4-15;/h3-8,13H,9-12,14H2,1-2H3;1H/p-1. The Hall–Kier alpha value is -1.51. The molecule has 0 unspecified atom stereocenters. The number of methoxy groups -OCH3 is 2. The average Bonchev–Trinajstić information content (AvgIpc) is 2.69. The third-order valence-electron chi connectivity index (χ3n) is 4.64. The Morgan fingerprint density at radius 1 is 0.964 bits per heavy atom. The molecule has 0 bridgehead atoms. The fourth-order valence-electron chi connectivity index (χ4n) is 3.10.